The fraction of sp³-hybridized carbons (Fsp3) is 0.692. The van der Waals surface area contributed by atoms with Crippen LogP contribution in [0.2, 0.25) is 0 Å². The monoisotopic (exact) mass is 290 g/mol. The van der Waals surface area contributed by atoms with E-state index in [9.17, 15) is 13.2 Å². The number of alkyl halides is 3. The average Bonchev–Trinajstić information content (AvgIpc) is 2.37. The molecule has 0 amide bonds. The first-order valence-corrected chi connectivity index (χ1v) is 6.72. The van der Waals surface area contributed by atoms with E-state index in [4.69, 9.17) is 0 Å². The van der Waals surface area contributed by atoms with Gasteiger partial charge in [-0.05, 0) is 26.7 Å². The van der Waals surface area contributed by atoms with Gasteiger partial charge in [-0.2, -0.15) is 18.2 Å². The summed E-state index contributed by atoms with van der Waals surface area (Å²) >= 11 is 0. The smallest absolute Gasteiger partial charge is 0.365 e. The molecule has 1 aromatic heterocycles. The average molecular weight is 290 g/mol. The fourth-order valence-electron chi connectivity index (χ4n) is 1.63. The lowest BCUT2D eigenvalue weighted by Crippen LogP contribution is -2.33. The second-order valence-electron chi connectivity index (χ2n) is 4.88. The molecule has 1 aromatic rings. The minimum atomic E-state index is -4.49. The van der Waals surface area contributed by atoms with Crippen LogP contribution in [-0.4, -0.2) is 22.1 Å². The molecule has 1 rings (SSSR count). The van der Waals surface area contributed by atoms with E-state index in [2.05, 4.69) is 20.6 Å². The number of hydrogen-bond acceptors (Lipinski definition) is 4. The van der Waals surface area contributed by atoms with Crippen molar-refractivity contribution in [3.8, 4) is 0 Å². The summed E-state index contributed by atoms with van der Waals surface area (Å²) in [5.41, 5.74) is -1.23. The molecule has 0 unspecified atom stereocenters. The first kappa shape index (κ1) is 16.5. The maximum absolute atomic E-state index is 12.8. The molecule has 0 fully saturated rings. The van der Waals surface area contributed by atoms with Crippen molar-refractivity contribution in [1.29, 1.82) is 0 Å². The summed E-state index contributed by atoms with van der Waals surface area (Å²) in [6.07, 6.45) is -2.92. The Labute approximate surface area is 117 Å². The molecule has 4 nitrogen and oxygen atoms in total. The molecule has 0 saturated heterocycles. The van der Waals surface area contributed by atoms with E-state index in [0.29, 0.717) is 6.54 Å². The summed E-state index contributed by atoms with van der Waals surface area (Å²) in [6.45, 7) is 8.15. The number of nitrogens with zero attached hydrogens (tertiary/aromatic N) is 2. The lowest BCUT2D eigenvalue weighted by molar-refractivity contribution is -0.141. The first-order chi connectivity index (χ1) is 9.24. The Kier molecular flexibility index (Phi) is 5.19. The Hall–Kier alpha value is -1.53. The first-order valence-electron chi connectivity index (χ1n) is 6.72. The van der Waals surface area contributed by atoms with Gasteiger partial charge in [0.1, 0.15) is 5.82 Å². The maximum atomic E-state index is 12.8. The van der Waals surface area contributed by atoms with E-state index in [1.807, 2.05) is 20.8 Å². The van der Waals surface area contributed by atoms with Crippen LogP contribution >= 0.6 is 0 Å². The normalized spacial score (nSPS) is 12.3. The Balaban J connectivity index is 3.15. The Morgan fingerprint density at radius 3 is 2.15 bits per heavy atom. The number of anilines is 2. The lowest BCUT2D eigenvalue weighted by Gasteiger charge is -2.29. The molecule has 0 saturated carbocycles. The van der Waals surface area contributed by atoms with Crippen LogP contribution in [0.15, 0.2) is 6.07 Å². The van der Waals surface area contributed by atoms with Gasteiger partial charge < -0.3 is 10.6 Å². The summed E-state index contributed by atoms with van der Waals surface area (Å²) in [5, 5.41) is 5.79. The third-order valence-electron chi connectivity index (χ3n) is 3.34. The van der Waals surface area contributed by atoms with Crippen LogP contribution in [0.4, 0.5) is 24.9 Å². The van der Waals surface area contributed by atoms with E-state index < -0.39 is 11.9 Å². The van der Waals surface area contributed by atoms with Crippen molar-refractivity contribution in [2.24, 2.45) is 0 Å². The largest absolute Gasteiger partial charge is 0.433 e. The second kappa shape index (κ2) is 6.28. The Bertz CT molecular complexity index is 442. The molecule has 7 heteroatoms. The van der Waals surface area contributed by atoms with Gasteiger partial charge in [0.15, 0.2) is 5.69 Å². The summed E-state index contributed by atoms with van der Waals surface area (Å²) in [7, 11) is 0. The molecule has 1 heterocycles. The lowest BCUT2D eigenvalue weighted by atomic mass is 9.95. The maximum Gasteiger partial charge on any atom is 0.433 e. The van der Waals surface area contributed by atoms with Crippen LogP contribution in [0, 0.1) is 0 Å². The van der Waals surface area contributed by atoms with E-state index in [0.717, 1.165) is 18.9 Å². The van der Waals surface area contributed by atoms with Crippen LogP contribution in [0.5, 0.6) is 0 Å². The number of hydrogen-bond donors (Lipinski definition) is 2. The van der Waals surface area contributed by atoms with Crippen molar-refractivity contribution in [1.82, 2.24) is 9.97 Å². The van der Waals surface area contributed by atoms with Crippen LogP contribution in [-0.2, 0) is 6.18 Å². The predicted molar refractivity (Wildman–Crippen MR) is 73.8 cm³/mol. The van der Waals surface area contributed by atoms with Crippen molar-refractivity contribution in [3.05, 3.63) is 11.8 Å². The van der Waals surface area contributed by atoms with Gasteiger partial charge >= 0.3 is 6.18 Å². The van der Waals surface area contributed by atoms with Crippen LogP contribution in [0.3, 0.4) is 0 Å². The zero-order valence-corrected chi connectivity index (χ0v) is 12.2. The van der Waals surface area contributed by atoms with Gasteiger partial charge in [-0.3, -0.25) is 0 Å². The number of nitrogens with one attached hydrogen (secondary N) is 2. The third kappa shape index (κ3) is 4.25. The van der Waals surface area contributed by atoms with E-state index in [-0.39, 0.29) is 17.3 Å². The highest BCUT2D eigenvalue weighted by molar-refractivity contribution is 5.44. The van der Waals surface area contributed by atoms with E-state index in [1.54, 1.807) is 6.92 Å². The van der Waals surface area contributed by atoms with Crippen molar-refractivity contribution < 1.29 is 13.2 Å². The zero-order chi connectivity index (χ0) is 15.4. The zero-order valence-electron chi connectivity index (χ0n) is 12.2. The van der Waals surface area contributed by atoms with E-state index >= 15 is 0 Å². The molecule has 0 aliphatic carbocycles. The topological polar surface area (TPSA) is 49.8 Å². The molecular weight excluding hydrogens is 269 g/mol. The van der Waals surface area contributed by atoms with Crippen LogP contribution in [0.25, 0.3) is 0 Å². The van der Waals surface area contributed by atoms with Crippen molar-refractivity contribution >= 4 is 11.8 Å². The molecule has 0 aliphatic rings. The van der Waals surface area contributed by atoms with Crippen molar-refractivity contribution in [2.75, 3.05) is 17.2 Å². The standard InChI is InChI=1S/C13H21F3N4/c1-5-12(4,6-2)20-10-8-9(13(14,15)16)18-11(19-10)17-7-3/h8H,5-7H2,1-4H3,(H2,17,18,19,20). The van der Waals surface area contributed by atoms with Gasteiger partial charge in [-0.15, -0.1) is 0 Å². The fourth-order valence-corrected chi connectivity index (χ4v) is 1.63. The molecule has 2 N–H and O–H groups in total. The molecule has 0 bridgehead atoms. The number of aromatic nitrogens is 2. The van der Waals surface area contributed by atoms with Crippen LogP contribution in [0.1, 0.15) is 46.2 Å². The molecule has 20 heavy (non-hydrogen) atoms. The minimum Gasteiger partial charge on any atom is -0.365 e. The molecule has 0 radical (unpaired) electrons. The summed E-state index contributed by atoms with van der Waals surface area (Å²) in [6, 6.07) is 0.949. The molecular formula is C13H21F3N4. The van der Waals surface area contributed by atoms with Crippen molar-refractivity contribution in [2.45, 2.75) is 52.3 Å². The van der Waals surface area contributed by atoms with Crippen LogP contribution < -0.4 is 10.6 Å². The minimum absolute atomic E-state index is 0.0145. The van der Waals surface area contributed by atoms with Gasteiger partial charge in [0.2, 0.25) is 5.95 Å². The highest BCUT2D eigenvalue weighted by atomic mass is 19.4. The van der Waals surface area contributed by atoms with Gasteiger partial charge in [0.05, 0.1) is 0 Å². The molecule has 0 aliphatic heterocycles. The Morgan fingerprint density at radius 2 is 1.70 bits per heavy atom. The molecule has 0 aromatic carbocycles. The molecule has 114 valence electrons. The summed E-state index contributed by atoms with van der Waals surface area (Å²) < 4.78 is 38.5. The predicted octanol–water partition coefficient (Wildman–Crippen LogP) is 3.92. The van der Waals surface area contributed by atoms with Gasteiger partial charge in [-0.1, -0.05) is 13.8 Å². The highest BCUT2D eigenvalue weighted by Crippen LogP contribution is 2.31. The third-order valence-corrected chi connectivity index (χ3v) is 3.34. The van der Waals surface area contributed by atoms with Crippen molar-refractivity contribution in [3.63, 3.8) is 0 Å². The molecule has 0 atom stereocenters. The second-order valence-corrected chi connectivity index (χ2v) is 4.88. The summed E-state index contributed by atoms with van der Waals surface area (Å²) in [4.78, 5) is 7.57. The van der Waals surface area contributed by atoms with E-state index in [1.165, 1.54) is 0 Å². The van der Waals surface area contributed by atoms with Gasteiger partial charge in [0.25, 0.3) is 0 Å². The Morgan fingerprint density at radius 1 is 1.10 bits per heavy atom. The highest BCUT2D eigenvalue weighted by Gasteiger charge is 2.34. The number of halogens is 3. The molecule has 0 spiro atoms. The van der Waals surface area contributed by atoms with Gasteiger partial charge in [0, 0.05) is 18.2 Å². The SMILES string of the molecule is CCNc1nc(NC(C)(CC)CC)cc(C(F)(F)F)n1. The summed E-state index contributed by atoms with van der Waals surface area (Å²) in [5.74, 6) is 0.175. The van der Waals surface area contributed by atoms with Gasteiger partial charge in [-0.25, -0.2) is 4.98 Å². The quantitative estimate of drug-likeness (QED) is 0.833. The number of rotatable bonds is 6.